The van der Waals surface area contributed by atoms with Crippen LogP contribution in [-0.4, -0.2) is 215 Å². The number of carbonyl (C=O) groups excluding carboxylic acids is 3. The van der Waals surface area contributed by atoms with Gasteiger partial charge in [0, 0.05) is 84.0 Å². The van der Waals surface area contributed by atoms with Crippen LogP contribution in [0.5, 0.6) is 0 Å². The first kappa shape index (κ1) is 52.6. The molecular weight excluding hydrogens is 847 g/mol. The third-order valence-electron chi connectivity index (χ3n) is 10.9. The van der Waals surface area contributed by atoms with Crippen molar-refractivity contribution in [1.29, 1.82) is 0 Å². The van der Waals surface area contributed by atoms with Crippen LogP contribution < -0.4 is 15.5 Å². The predicted octanol–water partition coefficient (Wildman–Crippen LogP) is -0.127. The maximum Gasteiger partial charge on any atom is 0.317 e. The summed E-state index contributed by atoms with van der Waals surface area (Å²) in [6.45, 7) is 5.28. The second-order valence-electron chi connectivity index (χ2n) is 15.8. The van der Waals surface area contributed by atoms with Gasteiger partial charge in [-0.05, 0) is 35.6 Å². The summed E-state index contributed by atoms with van der Waals surface area (Å²) >= 11 is 0. The van der Waals surface area contributed by atoms with Crippen LogP contribution in [0.2, 0.25) is 0 Å². The maximum absolute atomic E-state index is 13.4. The minimum Gasteiger partial charge on any atom is -0.480 e. The first-order valence-electron chi connectivity index (χ1n) is 22.3. The molecule has 0 aromatic heterocycles. The average molecular weight is 914 g/mol. The number of hydrogen-bond donors (Lipinski definition) is 5. The van der Waals surface area contributed by atoms with Gasteiger partial charge in [-0.2, -0.15) is 0 Å². The molecule has 2 aliphatic heterocycles. The number of nitrogens with zero attached hydrogens (tertiary/aromatic N) is 5. The number of carboxylic acids is 3. The summed E-state index contributed by atoms with van der Waals surface area (Å²) in [5, 5.41) is 33.8. The molecule has 4 rings (SSSR count). The van der Waals surface area contributed by atoms with Gasteiger partial charge in [0.05, 0.1) is 85.6 Å². The van der Waals surface area contributed by atoms with E-state index in [1.807, 2.05) is 40.1 Å². The molecule has 0 saturated carbocycles. The van der Waals surface area contributed by atoms with E-state index >= 15 is 0 Å². The van der Waals surface area contributed by atoms with Crippen molar-refractivity contribution in [2.24, 2.45) is 0 Å². The first-order chi connectivity index (χ1) is 31.5. The minimum absolute atomic E-state index is 0.0197. The fraction of sp³-hybridized carbons (Fsp3) is 0.600. The molecular formula is C45H67N7O13. The van der Waals surface area contributed by atoms with Crippen molar-refractivity contribution in [3.63, 3.8) is 0 Å². The van der Waals surface area contributed by atoms with E-state index in [2.05, 4.69) is 28.8 Å². The quantitative estimate of drug-likeness (QED) is 0.0773. The fourth-order valence-electron chi connectivity index (χ4n) is 7.45. The predicted molar refractivity (Wildman–Crippen MR) is 239 cm³/mol. The van der Waals surface area contributed by atoms with Crippen LogP contribution in [0.25, 0.3) is 0 Å². The normalized spacial score (nSPS) is 15.9. The molecule has 65 heavy (non-hydrogen) atoms. The zero-order valence-corrected chi connectivity index (χ0v) is 37.4. The Balaban J connectivity index is 0.996. The lowest BCUT2D eigenvalue weighted by Crippen LogP contribution is -2.50. The van der Waals surface area contributed by atoms with E-state index in [0.29, 0.717) is 98.5 Å². The number of carboxylic acid groups (broad SMARTS) is 3. The third-order valence-corrected chi connectivity index (χ3v) is 10.9. The van der Waals surface area contributed by atoms with E-state index in [0.717, 1.165) is 29.7 Å². The average Bonchev–Trinajstić information content (AvgIpc) is 3.26. The summed E-state index contributed by atoms with van der Waals surface area (Å²) in [5.74, 6) is -3.55. The Bertz CT molecular complexity index is 1770. The van der Waals surface area contributed by atoms with Gasteiger partial charge in [-0.1, -0.05) is 42.5 Å². The smallest absolute Gasteiger partial charge is 0.317 e. The molecule has 3 amide bonds. The molecule has 0 unspecified atom stereocenters. The number of anilines is 1. The van der Waals surface area contributed by atoms with Crippen molar-refractivity contribution in [2.45, 2.75) is 32.2 Å². The van der Waals surface area contributed by atoms with E-state index in [4.69, 9.17) is 18.9 Å². The highest BCUT2D eigenvalue weighted by molar-refractivity contribution is 5.94. The lowest BCUT2D eigenvalue weighted by molar-refractivity contribution is -0.140. The molecule has 2 aromatic rings. The molecule has 0 bridgehead atoms. The van der Waals surface area contributed by atoms with Gasteiger partial charge in [0.2, 0.25) is 17.7 Å². The molecule has 0 atom stereocenters. The summed E-state index contributed by atoms with van der Waals surface area (Å²) < 4.78 is 22.1. The fourth-order valence-corrected chi connectivity index (χ4v) is 7.45. The third kappa shape index (κ3) is 21.7. The standard InChI is InChI=1S/C45H67N7O13/c53-40(46-13-11-42(55)52-31-38-7-2-1-5-36(38)9-10-37-6-3-4-8-39(37)52)12-23-62-25-27-64-29-30-65-28-26-63-24-14-47-41(54)32-48-15-17-49(33-43(56)57)19-21-51(35-45(60)61)22-20-50(18-16-48)34-44(58)59/h1-8H,9-35H2,(H,46,53)(H,47,54)(H,56,57)(H,58,59)(H,60,61). The van der Waals surface area contributed by atoms with Gasteiger partial charge in [0.1, 0.15) is 0 Å². The number of benzene rings is 2. The lowest BCUT2D eigenvalue weighted by Gasteiger charge is -2.32. The highest BCUT2D eigenvalue weighted by atomic mass is 16.6. The minimum atomic E-state index is -1.03. The van der Waals surface area contributed by atoms with Crippen LogP contribution in [0, 0.1) is 0 Å². The summed E-state index contributed by atoms with van der Waals surface area (Å²) in [6, 6.07) is 16.2. The Morgan fingerprint density at radius 3 is 1.40 bits per heavy atom. The van der Waals surface area contributed by atoms with E-state index in [1.165, 1.54) is 5.56 Å². The first-order valence-corrected chi connectivity index (χ1v) is 22.3. The SMILES string of the molecule is O=C(O)CN1CCN(CC(=O)O)CCN(CC(=O)NCCOCCOCCOCCOCCC(=O)NCCC(=O)N2Cc3ccccc3CCc3ccccc32)CCN(CC(=O)O)CC1. The van der Waals surface area contributed by atoms with Gasteiger partial charge in [-0.15, -0.1) is 0 Å². The van der Waals surface area contributed by atoms with Crippen LogP contribution >= 0.6 is 0 Å². The van der Waals surface area contributed by atoms with Crippen molar-refractivity contribution in [1.82, 2.24) is 30.2 Å². The number of para-hydroxylation sites is 1. The molecule has 5 N–H and O–H groups in total. The highest BCUT2D eigenvalue weighted by Crippen LogP contribution is 2.28. The van der Waals surface area contributed by atoms with Crippen molar-refractivity contribution in [3.8, 4) is 0 Å². The number of rotatable bonds is 26. The zero-order chi connectivity index (χ0) is 46.7. The monoisotopic (exact) mass is 913 g/mol. The Hall–Kier alpha value is -5.06. The molecule has 1 fully saturated rings. The Morgan fingerprint density at radius 1 is 0.462 bits per heavy atom. The van der Waals surface area contributed by atoms with Crippen LogP contribution in [0.15, 0.2) is 48.5 Å². The number of aryl methyl sites for hydroxylation is 2. The molecule has 0 aliphatic carbocycles. The van der Waals surface area contributed by atoms with Crippen molar-refractivity contribution in [3.05, 3.63) is 65.2 Å². The van der Waals surface area contributed by atoms with Gasteiger partial charge < -0.3 is 49.8 Å². The molecule has 20 nitrogen and oxygen atoms in total. The maximum atomic E-state index is 13.4. The van der Waals surface area contributed by atoms with Gasteiger partial charge in [0.15, 0.2) is 0 Å². The number of nitrogens with one attached hydrogen (secondary N) is 2. The molecule has 20 heteroatoms. The Kier molecular flexibility index (Phi) is 24.4. The van der Waals surface area contributed by atoms with Gasteiger partial charge in [-0.3, -0.25) is 48.4 Å². The number of amides is 3. The number of carbonyl (C=O) groups is 6. The number of hydrogen-bond acceptors (Lipinski definition) is 14. The van der Waals surface area contributed by atoms with Crippen molar-refractivity contribution in [2.75, 3.05) is 149 Å². The topological polar surface area (TPSA) is 240 Å². The van der Waals surface area contributed by atoms with E-state index < -0.39 is 17.9 Å². The van der Waals surface area contributed by atoms with Crippen LogP contribution in [0.1, 0.15) is 29.5 Å². The summed E-state index contributed by atoms with van der Waals surface area (Å²) in [5.41, 5.74) is 4.44. The van der Waals surface area contributed by atoms with Crippen molar-refractivity contribution < 1.29 is 63.0 Å². The number of ether oxygens (including phenoxy) is 4. The molecule has 1 saturated heterocycles. The number of aliphatic carboxylic acids is 3. The molecule has 0 spiro atoms. The summed E-state index contributed by atoms with van der Waals surface area (Å²) in [6.07, 6.45) is 2.13. The van der Waals surface area contributed by atoms with Gasteiger partial charge >= 0.3 is 17.9 Å². The Labute approximate surface area is 380 Å². The van der Waals surface area contributed by atoms with E-state index in [-0.39, 0.29) is 83.0 Å². The molecule has 2 heterocycles. The number of fused-ring (bicyclic) bond motifs is 2. The second-order valence-corrected chi connectivity index (χ2v) is 15.8. The summed E-state index contributed by atoms with van der Waals surface area (Å²) in [4.78, 5) is 81.7. The molecule has 2 aliphatic rings. The molecule has 0 radical (unpaired) electrons. The van der Waals surface area contributed by atoms with Crippen LogP contribution in [0.4, 0.5) is 5.69 Å². The zero-order valence-electron chi connectivity index (χ0n) is 37.4. The second kappa shape index (κ2) is 30.2. The van der Waals surface area contributed by atoms with Crippen LogP contribution in [-0.2, 0) is 67.1 Å². The lowest BCUT2D eigenvalue weighted by atomic mass is 9.95. The van der Waals surface area contributed by atoms with E-state index in [1.54, 1.807) is 14.7 Å². The summed E-state index contributed by atoms with van der Waals surface area (Å²) in [7, 11) is 0. The molecule has 360 valence electrons. The largest absolute Gasteiger partial charge is 0.480 e. The van der Waals surface area contributed by atoms with Crippen LogP contribution in [0.3, 0.4) is 0 Å². The van der Waals surface area contributed by atoms with Crippen molar-refractivity contribution >= 4 is 41.3 Å². The molecule has 2 aromatic carbocycles. The van der Waals surface area contributed by atoms with Gasteiger partial charge in [0.25, 0.3) is 0 Å². The highest BCUT2D eigenvalue weighted by Gasteiger charge is 2.24. The Morgan fingerprint density at radius 2 is 0.877 bits per heavy atom. The van der Waals surface area contributed by atoms with E-state index in [9.17, 15) is 44.1 Å². The van der Waals surface area contributed by atoms with Gasteiger partial charge in [-0.25, -0.2) is 0 Å².